The Labute approximate surface area is 342 Å². The van der Waals surface area contributed by atoms with Crippen LogP contribution in [0.2, 0.25) is 0 Å². The van der Waals surface area contributed by atoms with E-state index >= 15 is 0 Å². The van der Waals surface area contributed by atoms with Gasteiger partial charge in [0.1, 0.15) is 0 Å². The van der Waals surface area contributed by atoms with Gasteiger partial charge < -0.3 is 14.1 Å². The number of benzene rings is 5. The first-order valence-electron chi connectivity index (χ1n) is 21.7. The normalized spacial score (nSPS) is 20.2. The maximum absolute atomic E-state index is 13.5. The third kappa shape index (κ3) is 7.03. The van der Waals surface area contributed by atoms with E-state index in [4.69, 9.17) is 4.74 Å². The molecule has 2 saturated carbocycles. The monoisotopic (exact) mass is 772 g/mol. The summed E-state index contributed by atoms with van der Waals surface area (Å²) in [7, 11) is 0.988. The molecule has 1 unspecified atom stereocenters. The average molecular weight is 773 g/mol. The van der Waals surface area contributed by atoms with Crippen molar-refractivity contribution in [3.63, 3.8) is 0 Å². The molecule has 5 aromatic carbocycles. The lowest BCUT2D eigenvalue weighted by atomic mass is 9.58. The smallest absolute Gasteiger partial charge is 0.415 e. The minimum Gasteiger partial charge on any atom is -0.469 e. The molecule has 0 spiro atoms. The van der Waals surface area contributed by atoms with Gasteiger partial charge in [-0.1, -0.05) is 136 Å². The molecule has 0 bridgehead atoms. The average Bonchev–Trinajstić information content (AvgIpc) is 3.64. The topological polar surface area (TPSA) is 32.8 Å². The minimum absolute atomic E-state index is 0.0231. The van der Waals surface area contributed by atoms with Gasteiger partial charge in [0.25, 0.3) is 0 Å². The van der Waals surface area contributed by atoms with Crippen LogP contribution in [0.1, 0.15) is 110 Å². The van der Waals surface area contributed by atoms with Crippen LogP contribution < -0.4 is 14.9 Å². The highest BCUT2D eigenvalue weighted by atomic mass is 31.1. The highest BCUT2D eigenvalue weighted by Gasteiger charge is 2.50. The zero-order valence-corrected chi connectivity index (χ0v) is 35.4. The number of fused-ring (bicyclic) bond motifs is 1. The molecule has 0 N–H and O–H groups in total. The molecule has 2 fully saturated rings. The minimum atomic E-state index is -0.587. The number of carbonyl (C=O) groups excluding carboxylic acids is 1. The molecule has 1 heterocycles. The van der Waals surface area contributed by atoms with Gasteiger partial charge >= 0.3 is 13.0 Å². The number of hydrogen-bond donors (Lipinski definition) is 0. The maximum Gasteiger partial charge on any atom is 0.415 e. The van der Waals surface area contributed by atoms with Gasteiger partial charge in [-0.2, -0.15) is 0 Å². The number of ether oxygens (including phenoxy) is 1. The standard InChI is InChI=1S/C51H58BN2O2P/c1-36-43(32-31-38-19-9-5-10-20-38)49(37(2)45-34-51(3,33-44(36)45)50(55)56-4)52-53(35-39-21-11-6-12-22-39)46-29-17-23-40-24-18-30-47(48(40)46)54(52)57(41-25-13-7-14-26-41)42-27-15-8-16-28-42/h5-6,9-12,17-24,29-32,41-42H,7-8,13-16,25-28,33-35H2,1-4H3/b32-31+. The highest BCUT2D eigenvalue weighted by molar-refractivity contribution is 7.63. The zero-order valence-electron chi connectivity index (χ0n) is 34.5. The highest BCUT2D eigenvalue weighted by Crippen LogP contribution is 2.62. The second-order valence-corrected chi connectivity index (χ2v) is 20.3. The van der Waals surface area contributed by atoms with Crippen molar-refractivity contribution in [2.75, 3.05) is 16.5 Å². The van der Waals surface area contributed by atoms with Crippen LogP contribution in [0.5, 0.6) is 0 Å². The van der Waals surface area contributed by atoms with E-state index in [1.54, 1.807) is 7.11 Å². The van der Waals surface area contributed by atoms with Crippen molar-refractivity contribution in [1.82, 2.24) is 0 Å². The quantitative estimate of drug-likeness (QED) is 0.0646. The van der Waals surface area contributed by atoms with Crippen molar-refractivity contribution in [3.8, 4) is 0 Å². The van der Waals surface area contributed by atoms with Gasteiger partial charge in [-0.05, 0) is 141 Å². The Balaban J connectivity index is 1.36. The summed E-state index contributed by atoms with van der Waals surface area (Å²) in [6, 6.07) is 36.1. The van der Waals surface area contributed by atoms with Crippen molar-refractivity contribution in [2.24, 2.45) is 5.41 Å². The molecule has 57 heavy (non-hydrogen) atoms. The fourth-order valence-corrected chi connectivity index (χ4v) is 15.1. The van der Waals surface area contributed by atoms with E-state index in [9.17, 15) is 4.79 Å². The molecular weight excluding hydrogens is 714 g/mol. The molecular formula is C51H58BN2O2P. The fourth-order valence-electron chi connectivity index (χ4n) is 11.1. The summed E-state index contributed by atoms with van der Waals surface area (Å²) < 4.78 is 8.57. The molecule has 0 amide bonds. The first kappa shape index (κ1) is 38.2. The predicted molar refractivity (Wildman–Crippen MR) is 244 cm³/mol. The van der Waals surface area contributed by atoms with E-state index in [-0.39, 0.29) is 13.0 Å². The second kappa shape index (κ2) is 16.1. The van der Waals surface area contributed by atoms with E-state index in [2.05, 4.69) is 139 Å². The van der Waals surface area contributed by atoms with Gasteiger partial charge in [0, 0.05) is 23.3 Å². The molecule has 4 nitrogen and oxygen atoms in total. The molecule has 6 heteroatoms. The van der Waals surface area contributed by atoms with Crippen molar-refractivity contribution < 1.29 is 9.53 Å². The SMILES string of the molecule is COC(=O)C1(C)Cc2c(C)c(/C=C/c3ccccc3)c(B3N(Cc4ccccc4)c4cccc5cccc(c45)N3P(C3CCCCC3)C3CCCCC3)c(C)c2C1. The first-order chi connectivity index (χ1) is 27.9. The largest absolute Gasteiger partial charge is 0.469 e. The third-order valence-corrected chi connectivity index (χ3v) is 17.4. The van der Waals surface area contributed by atoms with Gasteiger partial charge in [-0.25, -0.2) is 0 Å². The number of esters is 1. The number of anilines is 2. The molecule has 0 aromatic heterocycles. The Hall–Kier alpha value is -4.34. The number of hydrogen-bond acceptors (Lipinski definition) is 4. The summed E-state index contributed by atoms with van der Waals surface area (Å²) in [5.74, 6) is -0.107. The summed E-state index contributed by atoms with van der Waals surface area (Å²) in [5, 5.41) is 2.73. The third-order valence-electron chi connectivity index (χ3n) is 14.0. The van der Waals surface area contributed by atoms with Crippen LogP contribution in [0.4, 0.5) is 11.4 Å². The molecule has 0 saturated heterocycles. The summed E-state index contributed by atoms with van der Waals surface area (Å²) in [5.41, 5.74) is 14.2. The number of rotatable bonds is 9. The zero-order chi connectivity index (χ0) is 39.1. The van der Waals surface area contributed by atoms with E-state index in [1.165, 1.54) is 131 Å². The van der Waals surface area contributed by atoms with Crippen LogP contribution in [0.3, 0.4) is 0 Å². The Morgan fingerprint density at radius 3 is 1.93 bits per heavy atom. The molecule has 3 aliphatic carbocycles. The Kier molecular flexibility index (Phi) is 10.8. The lowest BCUT2D eigenvalue weighted by molar-refractivity contribution is -0.151. The maximum atomic E-state index is 13.5. The van der Waals surface area contributed by atoms with Crippen molar-refractivity contribution in [1.29, 1.82) is 0 Å². The molecule has 292 valence electrons. The van der Waals surface area contributed by atoms with Gasteiger partial charge in [-0.15, -0.1) is 0 Å². The lowest BCUT2D eigenvalue weighted by Crippen LogP contribution is -2.63. The molecule has 5 aromatic rings. The van der Waals surface area contributed by atoms with Crippen LogP contribution in [0.15, 0.2) is 97.1 Å². The molecule has 1 aliphatic heterocycles. The predicted octanol–water partition coefficient (Wildman–Crippen LogP) is 12.2. The van der Waals surface area contributed by atoms with Gasteiger partial charge in [-0.3, -0.25) is 4.79 Å². The van der Waals surface area contributed by atoms with E-state index in [1.807, 2.05) is 0 Å². The second-order valence-electron chi connectivity index (χ2n) is 17.6. The number of carbonyl (C=O) groups is 1. The fraction of sp³-hybridized carbons (Fsp3) is 0.392. The van der Waals surface area contributed by atoms with E-state index in [0.717, 1.165) is 6.54 Å². The van der Waals surface area contributed by atoms with E-state index < -0.39 is 13.5 Å². The lowest BCUT2D eigenvalue weighted by Gasteiger charge is -2.53. The van der Waals surface area contributed by atoms with Gasteiger partial charge in [0.05, 0.1) is 12.5 Å². The van der Waals surface area contributed by atoms with E-state index in [0.29, 0.717) is 24.2 Å². The van der Waals surface area contributed by atoms with Crippen LogP contribution in [-0.2, 0) is 28.9 Å². The Bertz CT molecular complexity index is 2260. The first-order valence-corrected chi connectivity index (χ1v) is 23.2. The Morgan fingerprint density at radius 2 is 1.32 bits per heavy atom. The molecule has 9 rings (SSSR count). The Morgan fingerprint density at radius 1 is 0.737 bits per heavy atom. The number of methoxy groups -OCH3 is 1. The van der Waals surface area contributed by atoms with Crippen LogP contribution in [0, 0.1) is 19.3 Å². The summed E-state index contributed by atoms with van der Waals surface area (Å²) >= 11 is 0. The molecule has 1 atom stereocenters. The summed E-state index contributed by atoms with van der Waals surface area (Å²) in [6.07, 6.45) is 19.6. The summed E-state index contributed by atoms with van der Waals surface area (Å²) in [4.78, 5) is 16.3. The van der Waals surface area contributed by atoms with Gasteiger partial charge in [0.2, 0.25) is 0 Å². The van der Waals surface area contributed by atoms with Crippen LogP contribution >= 0.6 is 8.07 Å². The van der Waals surface area contributed by atoms with Crippen molar-refractivity contribution >= 4 is 60.8 Å². The van der Waals surface area contributed by atoms with Crippen LogP contribution in [0.25, 0.3) is 22.9 Å². The molecule has 0 radical (unpaired) electrons. The van der Waals surface area contributed by atoms with Crippen LogP contribution in [-0.4, -0.2) is 31.4 Å². The number of nitrogens with zero attached hydrogens (tertiary/aromatic N) is 2. The van der Waals surface area contributed by atoms with Crippen molar-refractivity contribution in [2.45, 2.75) is 116 Å². The summed E-state index contributed by atoms with van der Waals surface area (Å²) in [6.45, 7) is 7.63. The molecule has 4 aliphatic rings. The van der Waals surface area contributed by atoms with Gasteiger partial charge in [0.15, 0.2) is 0 Å². The van der Waals surface area contributed by atoms with Crippen molar-refractivity contribution in [3.05, 3.63) is 136 Å².